The van der Waals surface area contributed by atoms with Crippen LogP contribution in [0.25, 0.3) is 0 Å². The normalized spacial score (nSPS) is 24.6. The molecule has 3 saturated heterocycles. The Kier molecular flexibility index (Phi) is 32.0. The van der Waals surface area contributed by atoms with E-state index in [1.807, 2.05) is 52.0 Å². The van der Waals surface area contributed by atoms with Crippen LogP contribution in [0.1, 0.15) is 124 Å². The number of nitrogens with one attached hydrogen (secondary N) is 4. The zero-order valence-electron chi connectivity index (χ0n) is 52.2. The Balaban J connectivity index is 0.000000338. The second-order valence-corrected chi connectivity index (χ2v) is 24.1. The number of unbranched alkanes of at least 4 members (excludes halogenated alkanes) is 2. The number of nitrogens with two attached hydrogens (primary N) is 1. The van der Waals surface area contributed by atoms with Gasteiger partial charge in [0.2, 0.25) is 11.8 Å². The Bertz CT molecular complexity index is 3060. The molecule has 0 radical (unpaired) electrons. The maximum absolute atomic E-state index is 14.3. The number of nitrogens with zero attached hydrogens (tertiary/aromatic N) is 6. The van der Waals surface area contributed by atoms with E-state index in [2.05, 4.69) is 49.6 Å². The molecule has 33 nitrogen and oxygen atoms in total. The van der Waals surface area contributed by atoms with E-state index in [1.54, 1.807) is 0 Å². The van der Waals surface area contributed by atoms with Crippen LogP contribution in [0.15, 0.2) is 75.5 Å². The summed E-state index contributed by atoms with van der Waals surface area (Å²) in [7, 11) is -1.95. The molecule has 510 valence electrons. The lowest BCUT2D eigenvalue weighted by Gasteiger charge is -2.30. The lowest BCUT2D eigenvalue weighted by molar-refractivity contribution is -0.143. The van der Waals surface area contributed by atoms with Crippen molar-refractivity contribution in [3.63, 3.8) is 0 Å². The Labute approximate surface area is 525 Å². The first-order valence-electron chi connectivity index (χ1n) is 29.8. The molecule has 14 N–H and O–H groups in total. The summed E-state index contributed by atoms with van der Waals surface area (Å²) in [5.41, 5.74) is 3.01. The van der Waals surface area contributed by atoms with Gasteiger partial charge in [-0.2, -0.15) is 15.0 Å². The van der Waals surface area contributed by atoms with Gasteiger partial charge in [-0.15, -0.1) is 0 Å². The average molecular weight is 1310 g/mol. The lowest BCUT2D eigenvalue weighted by atomic mass is 10.1. The smallest absolute Gasteiger partial charge is 0.351 e. The lowest BCUT2D eigenvalue weighted by Crippen LogP contribution is -2.46. The highest BCUT2D eigenvalue weighted by Gasteiger charge is 2.47. The van der Waals surface area contributed by atoms with Crippen molar-refractivity contribution in [3.05, 3.63) is 92.5 Å². The van der Waals surface area contributed by atoms with E-state index in [0.29, 0.717) is 12.8 Å². The van der Waals surface area contributed by atoms with Gasteiger partial charge in [-0.1, -0.05) is 78.7 Å². The SMILES string of the molecule is CCC/C=C/CCC(=O)Nc1ccn([C@@H]2O[C@H](CO)[C@@H](O)[C@@H]2O)c(=O)n1.CCC/C=C/CCC(=O)Nc1ccn([C@@H]2O[C@H](COP(=O)(N[C@@H](CC(C)C)C(=O)OC)N[C@@H](CC(C)C)C(=O)OC)[C@@H](O)[C@@H]2O)c(=O)n1.Nc1ccn([C@@H]2O[C@H](CO)[C@@H](O)[C@@H]2O)c(=O)n1. The van der Waals surface area contributed by atoms with E-state index in [4.69, 9.17) is 44.2 Å². The van der Waals surface area contributed by atoms with Crippen LogP contribution in [0.2, 0.25) is 0 Å². The van der Waals surface area contributed by atoms with E-state index in [1.165, 1.54) is 51.0 Å². The second kappa shape index (κ2) is 37.8. The number of rotatable bonds is 30. The van der Waals surface area contributed by atoms with Crippen LogP contribution in [0.5, 0.6) is 0 Å². The molecule has 0 saturated carbocycles. The number of amides is 2. The minimum atomic E-state index is -4.31. The molecule has 6 heterocycles. The van der Waals surface area contributed by atoms with Crippen LogP contribution in [0, 0.1) is 11.8 Å². The van der Waals surface area contributed by atoms with E-state index in [9.17, 15) is 68.8 Å². The van der Waals surface area contributed by atoms with Crippen molar-refractivity contribution < 1.29 is 92.8 Å². The first-order chi connectivity index (χ1) is 43.2. The van der Waals surface area contributed by atoms with Crippen molar-refractivity contribution in [2.75, 3.05) is 50.4 Å². The van der Waals surface area contributed by atoms with Gasteiger partial charge in [0.25, 0.3) is 0 Å². The third-order valence-electron chi connectivity index (χ3n) is 14.0. The highest BCUT2D eigenvalue weighted by Crippen LogP contribution is 2.42. The number of carbonyl (C=O) groups excluding carboxylic acids is 4. The molecule has 0 aromatic carbocycles. The van der Waals surface area contributed by atoms with Gasteiger partial charge >= 0.3 is 36.7 Å². The molecule has 14 atom stereocenters. The summed E-state index contributed by atoms with van der Waals surface area (Å²) >= 11 is 0. The molecule has 6 rings (SSSR count). The summed E-state index contributed by atoms with van der Waals surface area (Å²) < 4.78 is 49.0. The zero-order chi connectivity index (χ0) is 67.7. The van der Waals surface area contributed by atoms with Gasteiger partial charge in [-0.05, 0) is 68.6 Å². The van der Waals surface area contributed by atoms with Crippen molar-refractivity contribution in [2.45, 2.75) is 191 Å². The Morgan fingerprint density at radius 3 is 1.26 bits per heavy atom. The molecule has 2 amide bonds. The topological polar surface area (TPSA) is 481 Å². The number of nitrogen functional groups attached to an aromatic ring is 1. The number of carbonyl (C=O) groups is 4. The van der Waals surface area contributed by atoms with Crippen molar-refractivity contribution in [1.29, 1.82) is 0 Å². The van der Waals surface area contributed by atoms with Gasteiger partial charge in [0.1, 0.15) is 84.5 Å². The number of allylic oxidation sites excluding steroid dienone is 4. The third-order valence-corrected chi connectivity index (χ3v) is 15.8. The zero-order valence-corrected chi connectivity index (χ0v) is 53.1. The van der Waals surface area contributed by atoms with Gasteiger partial charge < -0.3 is 85.4 Å². The maximum Gasteiger partial charge on any atom is 0.351 e. The van der Waals surface area contributed by atoms with Gasteiger partial charge in [0.15, 0.2) is 18.7 Å². The fourth-order valence-corrected chi connectivity index (χ4v) is 11.1. The van der Waals surface area contributed by atoms with Gasteiger partial charge in [0.05, 0.1) is 34.0 Å². The number of hydrogen-bond acceptors (Lipinski definition) is 26. The Morgan fingerprint density at radius 1 is 0.582 bits per heavy atom. The highest BCUT2D eigenvalue weighted by molar-refractivity contribution is 7.54. The molecule has 0 spiro atoms. The number of anilines is 3. The molecule has 0 aliphatic carbocycles. The number of aromatic nitrogens is 6. The molecule has 0 unspecified atom stereocenters. The fourth-order valence-electron chi connectivity index (χ4n) is 9.26. The monoisotopic (exact) mass is 1310 g/mol. The number of esters is 2. The molecule has 3 aliphatic heterocycles. The number of aliphatic hydroxyl groups excluding tert-OH is 8. The minimum Gasteiger partial charge on any atom is -0.468 e. The summed E-state index contributed by atoms with van der Waals surface area (Å²) in [6.45, 7) is 9.99. The summed E-state index contributed by atoms with van der Waals surface area (Å²) in [4.78, 5) is 96.9. The van der Waals surface area contributed by atoms with Gasteiger partial charge in [0, 0.05) is 31.4 Å². The van der Waals surface area contributed by atoms with E-state index < -0.39 is 142 Å². The van der Waals surface area contributed by atoms with Crippen molar-refractivity contribution in [2.24, 2.45) is 11.8 Å². The minimum absolute atomic E-state index is 0.00732. The van der Waals surface area contributed by atoms with E-state index >= 15 is 0 Å². The molecule has 0 bridgehead atoms. The van der Waals surface area contributed by atoms with Crippen molar-refractivity contribution in [3.8, 4) is 0 Å². The molecule has 3 aromatic heterocycles. The molecule has 3 fully saturated rings. The molecule has 34 heteroatoms. The predicted molar refractivity (Wildman–Crippen MR) is 326 cm³/mol. The summed E-state index contributed by atoms with van der Waals surface area (Å²) in [6.07, 6.45) is 2.40. The van der Waals surface area contributed by atoms with Crippen molar-refractivity contribution in [1.82, 2.24) is 38.8 Å². The average Bonchev–Trinajstić information content (AvgIpc) is 1.75. The molecule has 3 aliphatic rings. The second-order valence-electron chi connectivity index (χ2n) is 22.3. The van der Waals surface area contributed by atoms with Crippen LogP contribution in [-0.2, 0) is 52.0 Å². The number of methoxy groups -OCH3 is 2. The van der Waals surface area contributed by atoms with Crippen LogP contribution < -0.4 is 43.6 Å². The maximum atomic E-state index is 14.3. The largest absolute Gasteiger partial charge is 0.468 e. The molecule has 3 aromatic rings. The van der Waals surface area contributed by atoms with E-state index in [-0.39, 0.29) is 66.8 Å². The quantitative estimate of drug-likeness (QED) is 0.0233. The fraction of sp³-hybridized carbons (Fsp3) is 0.649. The van der Waals surface area contributed by atoms with Crippen LogP contribution in [0.4, 0.5) is 17.5 Å². The van der Waals surface area contributed by atoms with Gasteiger partial charge in [-0.3, -0.25) is 37.4 Å². The first-order valence-corrected chi connectivity index (χ1v) is 31.4. The van der Waals surface area contributed by atoms with Gasteiger partial charge in [-0.25, -0.2) is 24.6 Å². The Morgan fingerprint density at radius 2 is 0.934 bits per heavy atom. The summed E-state index contributed by atoms with van der Waals surface area (Å²) in [5, 5.41) is 89.0. The number of ether oxygens (including phenoxy) is 5. The number of hydrogen-bond donors (Lipinski definition) is 13. The summed E-state index contributed by atoms with van der Waals surface area (Å²) in [5.74, 6) is -1.92. The standard InChI is InChI=1S/C31H52N5O11P.C17H25N3O6.C9H13N3O5/c1-8-9-10-11-12-13-25(37)32-24-14-15-36(31(42)33-24)28-27(39)26(38)23(47-28)18-46-48(43,34-21(16-19(2)3)29(40)44-6)35-22(17-20(4)5)30(41)45-7;1-2-3-4-5-6-7-13(22)18-12-8-9-20(17(25)19-12)16-15(24)14(23)11(10-21)26-16;10-5-1-2-12(9(16)11-5)8-7(15)6(14)4(3-13)17-8/h10-11,14-15,19-23,26-28,38-39H,8-9,12-13,16-18H2,1-7H3,(H2,34,35,43)(H,32,33,37,42);4-5,8-9,11,14-16,21,23-24H,2-3,6-7,10H2,1H3,(H,18,19,22,25);1-2,4,6-8,13-15H,3H2,(H2,10,11,16)/b11-10+;5-4+;/t21-,22-,23+,26+,27-,28+;11-,14-,15+,16-;4-,6-,7+,8-/m011/s1. The first kappa shape index (κ1) is 76.9. The van der Waals surface area contributed by atoms with Crippen LogP contribution in [-0.4, -0.2) is 194 Å². The van der Waals surface area contributed by atoms with E-state index in [0.717, 1.165) is 39.4 Å². The highest BCUT2D eigenvalue weighted by atomic mass is 31.2. The van der Waals surface area contributed by atoms with Crippen LogP contribution >= 0.6 is 7.67 Å². The van der Waals surface area contributed by atoms with Crippen LogP contribution in [0.3, 0.4) is 0 Å². The molecular formula is C57H90N11O22P. The summed E-state index contributed by atoms with van der Waals surface area (Å²) in [6, 6.07) is 1.93. The predicted octanol–water partition coefficient (Wildman–Crippen LogP) is -0.216. The molecular weight excluding hydrogens is 1220 g/mol. The molecule has 91 heavy (non-hydrogen) atoms. The third kappa shape index (κ3) is 23.2. The Hall–Kier alpha value is -6.53. The number of aliphatic hydroxyl groups is 8. The van der Waals surface area contributed by atoms with Crippen molar-refractivity contribution >= 4 is 48.9 Å².